The number of fused-ring (bicyclic) bond motifs is 1. The first-order valence-corrected chi connectivity index (χ1v) is 9.39. The summed E-state index contributed by atoms with van der Waals surface area (Å²) < 4.78 is 2.64. The number of hydrogen-bond acceptors (Lipinski definition) is 5. The number of aryl methyl sites for hydroxylation is 2. The second-order valence-electron chi connectivity index (χ2n) is 6.29. The molecule has 28 heavy (non-hydrogen) atoms. The van der Waals surface area contributed by atoms with Gasteiger partial charge in [0.1, 0.15) is 11.6 Å². The molecule has 2 aromatic carbocycles. The van der Waals surface area contributed by atoms with Gasteiger partial charge in [-0.15, -0.1) is 0 Å². The van der Waals surface area contributed by atoms with Crippen molar-refractivity contribution in [1.29, 1.82) is 0 Å². The first-order chi connectivity index (χ1) is 13.5. The van der Waals surface area contributed by atoms with E-state index in [0.717, 1.165) is 21.2 Å². The van der Waals surface area contributed by atoms with Crippen LogP contribution < -0.4 is 10.6 Å². The van der Waals surface area contributed by atoms with Crippen LogP contribution in [0.15, 0.2) is 59.2 Å². The van der Waals surface area contributed by atoms with Crippen molar-refractivity contribution >= 4 is 50.1 Å². The maximum atomic E-state index is 12.4. The van der Waals surface area contributed by atoms with Gasteiger partial charge in [0.25, 0.3) is 5.91 Å². The van der Waals surface area contributed by atoms with Gasteiger partial charge in [-0.3, -0.25) is 9.48 Å². The predicted octanol–water partition coefficient (Wildman–Crippen LogP) is 4.43. The Kier molecular flexibility index (Phi) is 4.79. The summed E-state index contributed by atoms with van der Waals surface area (Å²) in [5.74, 6) is 1.16. The van der Waals surface area contributed by atoms with Crippen LogP contribution >= 0.6 is 15.9 Å². The number of aromatic nitrogens is 4. The Morgan fingerprint density at radius 1 is 1.07 bits per heavy atom. The Morgan fingerprint density at radius 3 is 2.61 bits per heavy atom. The number of carbonyl (C=O) groups excluding carboxylic acids is 1. The van der Waals surface area contributed by atoms with Crippen molar-refractivity contribution in [1.82, 2.24) is 19.7 Å². The van der Waals surface area contributed by atoms with Crippen molar-refractivity contribution < 1.29 is 4.79 Å². The lowest BCUT2D eigenvalue weighted by molar-refractivity contribution is 0.102. The molecule has 2 heterocycles. The number of amides is 1. The van der Waals surface area contributed by atoms with E-state index in [0.29, 0.717) is 22.9 Å². The van der Waals surface area contributed by atoms with Gasteiger partial charge in [0.15, 0.2) is 5.65 Å². The third kappa shape index (κ3) is 3.72. The molecule has 4 aromatic rings. The van der Waals surface area contributed by atoms with Gasteiger partial charge < -0.3 is 10.6 Å². The molecule has 1 amide bonds. The topological polar surface area (TPSA) is 84.7 Å². The molecule has 0 fully saturated rings. The van der Waals surface area contributed by atoms with Gasteiger partial charge in [-0.1, -0.05) is 22.0 Å². The van der Waals surface area contributed by atoms with E-state index in [9.17, 15) is 4.79 Å². The van der Waals surface area contributed by atoms with Crippen LogP contribution in [0.25, 0.3) is 11.0 Å². The zero-order chi connectivity index (χ0) is 19.7. The molecule has 0 saturated heterocycles. The fourth-order valence-corrected chi connectivity index (χ4v) is 3.11. The highest BCUT2D eigenvalue weighted by Gasteiger charge is 2.11. The minimum Gasteiger partial charge on any atom is -0.339 e. The van der Waals surface area contributed by atoms with Crippen molar-refractivity contribution in [2.24, 2.45) is 7.05 Å². The van der Waals surface area contributed by atoms with Gasteiger partial charge in [0.2, 0.25) is 0 Å². The maximum Gasteiger partial charge on any atom is 0.255 e. The maximum absolute atomic E-state index is 12.4. The Hall–Kier alpha value is -3.26. The summed E-state index contributed by atoms with van der Waals surface area (Å²) in [6.45, 7) is 1.84. The zero-order valence-electron chi connectivity index (χ0n) is 15.3. The SMILES string of the molecule is Cc1nc(Nc2cccc(NC(=O)c3ccc(Br)cc3)c2)c2cnn(C)c2n1. The Bertz CT molecular complexity index is 1170. The third-order valence-electron chi connectivity index (χ3n) is 4.19. The smallest absolute Gasteiger partial charge is 0.255 e. The van der Waals surface area contributed by atoms with Crippen LogP contribution in [0.3, 0.4) is 0 Å². The lowest BCUT2D eigenvalue weighted by atomic mass is 10.2. The molecule has 0 radical (unpaired) electrons. The molecule has 0 atom stereocenters. The first kappa shape index (κ1) is 18.1. The molecule has 2 N–H and O–H groups in total. The van der Waals surface area contributed by atoms with Crippen molar-refractivity contribution in [3.8, 4) is 0 Å². The minimum absolute atomic E-state index is 0.169. The van der Waals surface area contributed by atoms with Gasteiger partial charge in [0, 0.05) is 28.5 Å². The molecule has 0 unspecified atom stereocenters. The van der Waals surface area contributed by atoms with Crippen molar-refractivity contribution in [3.63, 3.8) is 0 Å². The molecular formula is C20H17BrN6O. The van der Waals surface area contributed by atoms with Crippen molar-refractivity contribution in [2.45, 2.75) is 6.92 Å². The van der Waals surface area contributed by atoms with Crippen LogP contribution in [0, 0.1) is 6.92 Å². The van der Waals surface area contributed by atoms with E-state index in [2.05, 4.69) is 41.6 Å². The van der Waals surface area contributed by atoms with E-state index in [4.69, 9.17) is 0 Å². The zero-order valence-corrected chi connectivity index (χ0v) is 16.9. The van der Waals surface area contributed by atoms with E-state index in [1.54, 1.807) is 23.0 Å². The number of rotatable bonds is 4. The highest BCUT2D eigenvalue weighted by Crippen LogP contribution is 2.25. The number of benzene rings is 2. The second kappa shape index (κ2) is 7.40. The average Bonchev–Trinajstić information content (AvgIpc) is 3.03. The Balaban J connectivity index is 1.58. The summed E-state index contributed by atoms with van der Waals surface area (Å²) >= 11 is 3.37. The quantitative estimate of drug-likeness (QED) is 0.494. The van der Waals surface area contributed by atoms with Gasteiger partial charge in [-0.25, -0.2) is 9.97 Å². The van der Waals surface area contributed by atoms with E-state index in [1.165, 1.54) is 0 Å². The molecule has 0 saturated carbocycles. The van der Waals surface area contributed by atoms with Gasteiger partial charge in [0.05, 0.1) is 11.6 Å². The van der Waals surface area contributed by atoms with E-state index in [1.807, 2.05) is 50.4 Å². The minimum atomic E-state index is -0.169. The van der Waals surface area contributed by atoms with Gasteiger partial charge in [-0.05, 0) is 49.4 Å². The normalized spacial score (nSPS) is 10.8. The van der Waals surface area contributed by atoms with Crippen LogP contribution in [-0.4, -0.2) is 25.7 Å². The fourth-order valence-electron chi connectivity index (χ4n) is 2.84. The number of anilines is 3. The van der Waals surface area contributed by atoms with Gasteiger partial charge in [-0.2, -0.15) is 5.10 Å². The van der Waals surface area contributed by atoms with Crippen LogP contribution in [0.4, 0.5) is 17.2 Å². The fraction of sp³-hybridized carbons (Fsp3) is 0.100. The summed E-state index contributed by atoms with van der Waals surface area (Å²) in [5.41, 5.74) is 2.84. The molecule has 2 aromatic heterocycles. The van der Waals surface area contributed by atoms with Crippen LogP contribution in [-0.2, 0) is 7.05 Å². The summed E-state index contributed by atoms with van der Waals surface area (Å²) in [6, 6.07) is 14.7. The second-order valence-corrected chi connectivity index (χ2v) is 7.21. The third-order valence-corrected chi connectivity index (χ3v) is 4.72. The number of carbonyl (C=O) groups is 1. The standard InChI is InChI=1S/C20H17BrN6O/c1-12-23-18(17-11-22-27(2)19(17)24-12)25-15-4-3-5-16(10-15)26-20(28)13-6-8-14(21)9-7-13/h3-11H,1-2H3,(H,26,28)(H,23,24,25). The molecule has 140 valence electrons. The molecule has 4 rings (SSSR count). The number of nitrogens with zero attached hydrogens (tertiary/aromatic N) is 4. The molecule has 0 spiro atoms. The largest absolute Gasteiger partial charge is 0.339 e. The summed E-state index contributed by atoms with van der Waals surface area (Å²) in [4.78, 5) is 21.4. The summed E-state index contributed by atoms with van der Waals surface area (Å²) in [7, 11) is 1.84. The van der Waals surface area contributed by atoms with Crippen LogP contribution in [0.1, 0.15) is 16.2 Å². The van der Waals surface area contributed by atoms with Crippen molar-refractivity contribution in [3.05, 3.63) is 70.6 Å². The van der Waals surface area contributed by atoms with E-state index < -0.39 is 0 Å². The summed E-state index contributed by atoms with van der Waals surface area (Å²) in [6.07, 6.45) is 1.73. The predicted molar refractivity (Wildman–Crippen MR) is 113 cm³/mol. The van der Waals surface area contributed by atoms with E-state index >= 15 is 0 Å². The van der Waals surface area contributed by atoms with E-state index in [-0.39, 0.29) is 5.91 Å². The molecular weight excluding hydrogens is 420 g/mol. The van der Waals surface area contributed by atoms with Crippen molar-refractivity contribution in [2.75, 3.05) is 10.6 Å². The van der Waals surface area contributed by atoms with Crippen LogP contribution in [0.2, 0.25) is 0 Å². The number of halogens is 1. The molecule has 0 aliphatic heterocycles. The highest BCUT2D eigenvalue weighted by molar-refractivity contribution is 9.10. The molecule has 0 aliphatic rings. The Morgan fingerprint density at radius 2 is 1.82 bits per heavy atom. The molecule has 0 aliphatic carbocycles. The molecule has 0 bridgehead atoms. The van der Waals surface area contributed by atoms with Crippen LogP contribution in [0.5, 0.6) is 0 Å². The average molecular weight is 437 g/mol. The highest BCUT2D eigenvalue weighted by atomic mass is 79.9. The Labute approximate surface area is 169 Å². The number of nitrogens with one attached hydrogen (secondary N) is 2. The monoisotopic (exact) mass is 436 g/mol. The lowest BCUT2D eigenvalue weighted by Gasteiger charge is -2.10. The molecule has 7 nitrogen and oxygen atoms in total. The lowest BCUT2D eigenvalue weighted by Crippen LogP contribution is -2.11. The number of hydrogen-bond donors (Lipinski definition) is 2. The van der Waals surface area contributed by atoms with Gasteiger partial charge >= 0.3 is 0 Å². The summed E-state index contributed by atoms with van der Waals surface area (Å²) in [5, 5.41) is 11.3. The first-order valence-electron chi connectivity index (χ1n) is 8.60. The molecule has 8 heteroatoms.